The highest BCUT2D eigenvalue weighted by Crippen LogP contribution is 2.34. The first-order valence-electron chi connectivity index (χ1n) is 6.66. The number of hydrogen-bond acceptors (Lipinski definition) is 3. The van der Waals surface area contributed by atoms with Crippen LogP contribution in [0, 0.1) is 6.92 Å². The van der Waals surface area contributed by atoms with Crippen molar-refractivity contribution in [3.05, 3.63) is 29.1 Å². The van der Waals surface area contributed by atoms with E-state index in [2.05, 4.69) is 51.9 Å². The van der Waals surface area contributed by atoms with E-state index in [1.165, 1.54) is 11.3 Å². The first-order valence-corrected chi connectivity index (χ1v) is 6.66. The Balaban J connectivity index is 2.46. The lowest BCUT2D eigenvalue weighted by molar-refractivity contribution is 0.184. The Labute approximate surface area is 110 Å². The van der Waals surface area contributed by atoms with Crippen molar-refractivity contribution in [1.29, 1.82) is 0 Å². The maximum atomic E-state index is 5.53. The van der Waals surface area contributed by atoms with Crippen LogP contribution in [0.5, 0.6) is 0 Å². The molecule has 1 fully saturated rings. The minimum absolute atomic E-state index is 0.0516. The van der Waals surface area contributed by atoms with Gasteiger partial charge in [-0.3, -0.25) is 9.88 Å². The smallest absolute Gasteiger partial charge is 0.0639 e. The van der Waals surface area contributed by atoms with Gasteiger partial charge in [0.25, 0.3) is 0 Å². The summed E-state index contributed by atoms with van der Waals surface area (Å²) >= 11 is 0. The maximum Gasteiger partial charge on any atom is 0.0639 e. The average Bonchev–Trinajstić information content (AvgIpc) is 2.82. The first-order chi connectivity index (χ1) is 8.43. The van der Waals surface area contributed by atoms with Crippen LogP contribution in [-0.2, 0) is 10.3 Å². The molecule has 3 nitrogen and oxygen atoms in total. The Morgan fingerprint density at radius 3 is 2.61 bits per heavy atom. The molecule has 0 N–H and O–H groups in total. The number of pyridine rings is 1. The van der Waals surface area contributed by atoms with Gasteiger partial charge in [-0.15, -0.1) is 0 Å². The molecule has 0 aromatic carbocycles. The van der Waals surface area contributed by atoms with E-state index in [9.17, 15) is 0 Å². The predicted octanol–water partition coefficient (Wildman–Crippen LogP) is 2.69. The molecule has 1 aromatic rings. The molecule has 18 heavy (non-hydrogen) atoms. The van der Waals surface area contributed by atoms with Crippen molar-refractivity contribution >= 4 is 0 Å². The molecule has 2 rings (SSSR count). The zero-order valence-corrected chi connectivity index (χ0v) is 12.2. The molecule has 1 aromatic heterocycles. The van der Waals surface area contributed by atoms with E-state index in [0.717, 1.165) is 25.3 Å². The van der Waals surface area contributed by atoms with E-state index in [4.69, 9.17) is 9.72 Å². The summed E-state index contributed by atoms with van der Waals surface area (Å²) in [6.07, 6.45) is 1.11. The number of ether oxygens (including phenoxy) is 1. The quantitative estimate of drug-likeness (QED) is 0.822. The van der Waals surface area contributed by atoms with E-state index in [0.29, 0.717) is 5.92 Å². The molecule has 3 heteroatoms. The van der Waals surface area contributed by atoms with E-state index >= 15 is 0 Å². The summed E-state index contributed by atoms with van der Waals surface area (Å²) in [5, 5.41) is 0. The highest BCUT2D eigenvalue weighted by Gasteiger charge is 2.31. The average molecular weight is 248 g/mol. The van der Waals surface area contributed by atoms with Crippen LogP contribution in [-0.4, -0.2) is 37.2 Å². The molecule has 0 spiro atoms. The van der Waals surface area contributed by atoms with Gasteiger partial charge in [-0.2, -0.15) is 0 Å². The highest BCUT2D eigenvalue weighted by atomic mass is 16.5. The van der Waals surface area contributed by atoms with Gasteiger partial charge in [0, 0.05) is 18.2 Å². The van der Waals surface area contributed by atoms with Crippen molar-refractivity contribution in [1.82, 2.24) is 9.88 Å². The van der Waals surface area contributed by atoms with Crippen LogP contribution >= 0.6 is 0 Å². The van der Waals surface area contributed by atoms with E-state index < -0.39 is 0 Å². The molecule has 1 atom stereocenters. The summed E-state index contributed by atoms with van der Waals surface area (Å²) < 4.78 is 5.53. The lowest BCUT2D eigenvalue weighted by atomic mass is 9.87. The molecule has 1 aliphatic heterocycles. The summed E-state index contributed by atoms with van der Waals surface area (Å²) in [4.78, 5) is 7.04. The molecule has 2 heterocycles. The van der Waals surface area contributed by atoms with Crippen molar-refractivity contribution in [2.45, 2.75) is 38.6 Å². The molecule has 1 unspecified atom stereocenters. The topological polar surface area (TPSA) is 25.4 Å². The van der Waals surface area contributed by atoms with Crippen LogP contribution in [0.15, 0.2) is 12.1 Å². The molecule has 0 saturated carbocycles. The fourth-order valence-corrected chi connectivity index (χ4v) is 2.38. The number of rotatable bonds is 3. The third kappa shape index (κ3) is 2.43. The van der Waals surface area contributed by atoms with Crippen LogP contribution in [0.2, 0.25) is 0 Å². The van der Waals surface area contributed by atoms with E-state index in [1.807, 2.05) is 0 Å². The van der Waals surface area contributed by atoms with Crippen molar-refractivity contribution in [3.8, 4) is 0 Å². The van der Waals surface area contributed by atoms with Gasteiger partial charge in [0.2, 0.25) is 0 Å². The second kappa shape index (κ2) is 4.98. The van der Waals surface area contributed by atoms with Gasteiger partial charge in [-0.1, -0.05) is 6.07 Å². The second-order valence-electron chi connectivity index (χ2n) is 5.90. The largest absolute Gasteiger partial charge is 0.381 e. The summed E-state index contributed by atoms with van der Waals surface area (Å²) in [7, 11) is 4.22. The number of hydrogen-bond donors (Lipinski definition) is 0. The predicted molar refractivity (Wildman–Crippen MR) is 73.9 cm³/mol. The van der Waals surface area contributed by atoms with Crippen LogP contribution < -0.4 is 0 Å². The first kappa shape index (κ1) is 13.5. The lowest BCUT2D eigenvalue weighted by Crippen LogP contribution is -2.37. The Morgan fingerprint density at radius 2 is 2.06 bits per heavy atom. The monoisotopic (exact) mass is 248 g/mol. The fourth-order valence-electron chi connectivity index (χ4n) is 2.38. The van der Waals surface area contributed by atoms with E-state index in [1.54, 1.807) is 0 Å². The van der Waals surface area contributed by atoms with Crippen LogP contribution in [0.25, 0.3) is 0 Å². The molecular formula is C15H24N2O. The second-order valence-corrected chi connectivity index (χ2v) is 5.90. The minimum atomic E-state index is -0.0516. The molecule has 0 radical (unpaired) electrons. The summed E-state index contributed by atoms with van der Waals surface area (Å²) in [6, 6.07) is 4.35. The fraction of sp³-hybridized carbons (Fsp3) is 0.667. The van der Waals surface area contributed by atoms with Crippen molar-refractivity contribution < 1.29 is 4.74 Å². The zero-order chi connectivity index (χ0) is 13.3. The summed E-state index contributed by atoms with van der Waals surface area (Å²) in [5.41, 5.74) is 3.59. The van der Waals surface area contributed by atoms with Crippen LogP contribution in [0.4, 0.5) is 0 Å². The number of aryl methyl sites for hydroxylation is 1. The summed E-state index contributed by atoms with van der Waals surface area (Å²) in [5.74, 6) is 0.507. The number of aromatic nitrogens is 1. The van der Waals surface area contributed by atoms with Gasteiger partial charge in [-0.05, 0) is 52.9 Å². The number of nitrogens with zero attached hydrogens (tertiary/aromatic N) is 2. The minimum Gasteiger partial charge on any atom is -0.381 e. The SMILES string of the molecule is Cc1ccc(C2CCOC2)c(C(C)(C)N(C)C)n1. The van der Waals surface area contributed by atoms with Gasteiger partial charge in [-0.25, -0.2) is 0 Å². The Hall–Kier alpha value is -0.930. The summed E-state index contributed by atoms with van der Waals surface area (Å²) in [6.45, 7) is 8.23. The van der Waals surface area contributed by atoms with Crippen molar-refractivity contribution in [2.75, 3.05) is 27.3 Å². The van der Waals surface area contributed by atoms with Crippen LogP contribution in [0.3, 0.4) is 0 Å². The molecule has 1 aliphatic rings. The van der Waals surface area contributed by atoms with E-state index in [-0.39, 0.29) is 5.54 Å². The van der Waals surface area contributed by atoms with Crippen LogP contribution in [0.1, 0.15) is 43.1 Å². The van der Waals surface area contributed by atoms with Gasteiger partial charge in [0.15, 0.2) is 0 Å². The third-order valence-electron chi connectivity index (χ3n) is 4.13. The molecule has 0 bridgehead atoms. The molecule has 100 valence electrons. The Morgan fingerprint density at radius 1 is 1.33 bits per heavy atom. The standard InChI is InChI=1S/C15H24N2O/c1-11-6-7-13(12-8-9-18-10-12)14(16-11)15(2,3)17(4)5/h6-7,12H,8-10H2,1-5H3. The Kier molecular flexibility index (Phi) is 3.74. The third-order valence-corrected chi connectivity index (χ3v) is 4.13. The van der Waals surface area contributed by atoms with Crippen molar-refractivity contribution in [2.24, 2.45) is 0 Å². The maximum absolute atomic E-state index is 5.53. The molecule has 1 saturated heterocycles. The normalized spacial score (nSPS) is 20.7. The molecule has 0 aliphatic carbocycles. The lowest BCUT2D eigenvalue weighted by Gasteiger charge is -2.34. The Bertz CT molecular complexity index is 421. The van der Waals surface area contributed by atoms with Gasteiger partial charge in [0.1, 0.15) is 0 Å². The van der Waals surface area contributed by atoms with Gasteiger partial charge >= 0.3 is 0 Å². The molecular weight excluding hydrogens is 224 g/mol. The zero-order valence-electron chi connectivity index (χ0n) is 12.2. The highest BCUT2D eigenvalue weighted by molar-refractivity contribution is 5.32. The van der Waals surface area contributed by atoms with Gasteiger partial charge in [0.05, 0.1) is 17.8 Å². The van der Waals surface area contributed by atoms with Gasteiger partial charge < -0.3 is 4.74 Å². The van der Waals surface area contributed by atoms with Crippen molar-refractivity contribution in [3.63, 3.8) is 0 Å². The molecule has 0 amide bonds.